The van der Waals surface area contributed by atoms with Gasteiger partial charge in [0.05, 0.1) is 17.5 Å². The van der Waals surface area contributed by atoms with Crippen molar-refractivity contribution in [1.82, 2.24) is 14.5 Å². The minimum atomic E-state index is -1.11. The third-order valence-corrected chi connectivity index (χ3v) is 4.04. The average molecular weight is 357 g/mol. The molecule has 1 N–H and O–H groups in total. The van der Waals surface area contributed by atoms with Crippen molar-refractivity contribution >= 4 is 17.1 Å². The molecule has 0 radical (unpaired) electrons. The quantitative estimate of drug-likeness (QED) is 0.751. The second kappa shape index (κ2) is 6.74. The lowest BCUT2D eigenvalue weighted by atomic mass is 10.1. The minimum absolute atomic E-state index is 0.00649. The Morgan fingerprint density at radius 2 is 1.92 bits per heavy atom. The second-order valence-corrected chi connectivity index (χ2v) is 6.26. The Morgan fingerprint density at radius 3 is 2.46 bits per heavy atom. The number of rotatable bonds is 5. The van der Waals surface area contributed by atoms with Gasteiger partial charge in [0.15, 0.2) is 22.6 Å². The van der Waals surface area contributed by atoms with Gasteiger partial charge in [-0.25, -0.2) is 19.2 Å². The highest BCUT2D eigenvalue weighted by Gasteiger charge is 2.26. The lowest BCUT2D eigenvalue weighted by molar-refractivity contribution is 0.0680. The van der Waals surface area contributed by atoms with Crippen LogP contribution in [0.4, 0.5) is 4.39 Å². The van der Waals surface area contributed by atoms with Crippen molar-refractivity contribution in [1.29, 1.82) is 0 Å². The monoisotopic (exact) mass is 357 g/mol. The number of aromatic nitrogens is 3. The number of fused-ring (bicyclic) bond motifs is 1. The first-order valence-electron chi connectivity index (χ1n) is 8.38. The zero-order valence-corrected chi connectivity index (χ0v) is 15.1. The molecule has 0 unspecified atom stereocenters. The summed E-state index contributed by atoms with van der Waals surface area (Å²) in [5.41, 5.74) is 2.85. The van der Waals surface area contributed by atoms with E-state index in [1.165, 1.54) is 16.7 Å². The SMILES string of the molecule is CCc1nc2c(nc1-c1ccc(F)cc1)c(OC(C)C)c(C(=O)O)n2C. The first-order valence-corrected chi connectivity index (χ1v) is 8.38. The molecule has 0 aliphatic rings. The number of carboxylic acid groups (broad SMARTS) is 1. The van der Waals surface area contributed by atoms with Gasteiger partial charge in [-0.15, -0.1) is 0 Å². The van der Waals surface area contributed by atoms with Crippen LogP contribution in [0.2, 0.25) is 0 Å². The smallest absolute Gasteiger partial charge is 0.356 e. The fourth-order valence-corrected chi connectivity index (χ4v) is 2.89. The average Bonchev–Trinajstić information content (AvgIpc) is 2.85. The highest BCUT2D eigenvalue weighted by Crippen LogP contribution is 2.34. The molecule has 0 aliphatic heterocycles. The maximum Gasteiger partial charge on any atom is 0.356 e. The number of benzene rings is 1. The van der Waals surface area contributed by atoms with E-state index in [-0.39, 0.29) is 23.4 Å². The molecule has 6 nitrogen and oxygen atoms in total. The molecule has 3 rings (SSSR count). The van der Waals surface area contributed by atoms with Crippen molar-refractivity contribution in [3.63, 3.8) is 0 Å². The van der Waals surface area contributed by atoms with E-state index in [0.29, 0.717) is 34.5 Å². The van der Waals surface area contributed by atoms with Crippen LogP contribution < -0.4 is 4.74 Å². The van der Waals surface area contributed by atoms with E-state index in [1.807, 2.05) is 20.8 Å². The summed E-state index contributed by atoms with van der Waals surface area (Å²) in [5, 5.41) is 9.61. The molecule has 136 valence electrons. The van der Waals surface area contributed by atoms with Crippen LogP contribution in [-0.2, 0) is 13.5 Å². The van der Waals surface area contributed by atoms with Gasteiger partial charge in [0.25, 0.3) is 0 Å². The Hall–Kier alpha value is -2.96. The van der Waals surface area contributed by atoms with Crippen molar-refractivity contribution < 1.29 is 19.0 Å². The van der Waals surface area contributed by atoms with Crippen molar-refractivity contribution in [2.75, 3.05) is 0 Å². The fraction of sp³-hybridized carbons (Fsp3) is 0.316. The molecule has 26 heavy (non-hydrogen) atoms. The number of halogens is 1. The van der Waals surface area contributed by atoms with Crippen molar-refractivity contribution in [2.24, 2.45) is 7.05 Å². The molecule has 0 bridgehead atoms. The summed E-state index contributed by atoms with van der Waals surface area (Å²) in [7, 11) is 1.63. The summed E-state index contributed by atoms with van der Waals surface area (Å²) in [6.45, 7) is 5.58. The zero-order valence-electron chi connectivity index (χ0n) is 15.1. The maximum absolute atomic E-state index is 13.3. The molecular weight excluding hydrogens is 337 g/mol. The molecule has 0 atom stereocenters. The number of hydrogen-bond acceptors (Lipinski definition) is 4. The predicted molar refractivity (Wildman–Crippen MR) is 96.0 cm³/mol. The van der Waals surface area contributed by atoms with E-state index in [0.717, 1.165) is 0 Å². The van der Waals surface area contributed by atoms with Crippen LogP contribution in [0.1, 0.15) is 37.0 Å². The number of nitrogens with zero attached hydrogens (tertiary/aromatic N) is 3. The second-order valence-electron chi connectivity index (χ2n) is 6.26. The highest BCUT2D eigenvalue weighted by atomic mass is 19.1. The summed E-state index contributed by atoms with van der Waals surface area (Å²) in [6.07, 6.45) is 0.379. The van der Waals surface area contributed by atoms with Gasteiger partial charge in [-0.1, -0.05) is 6.92 Å². The minimum Gasteiger partial charge on any atom is -0.486 e. The zero-order chi connectivity index (χ0) is 19.0. The molecule has 0 fully saturated rings. The van der Waals surface area contributed by atoms with E-state index < -0.39 is 5.97 Å². The Bertz CT molecular complexity index is 978. The molecule has 2 aromatic heterocycles. The predicted octanol–water partition coefficient (Wildman–Crippen LogP) is 3.82. The molecule has 7 heteroatoms. The number of aryl methyl sites for hydroxylation is 2. The maximum atomic E-state index is 13.3. The van der Waals surface area contributed by atoms with Crippen LogP contribution in [0.25, 0.3) is 22.4 Å². The van der Waals surface area contributed by atoms with Crippen LogP contribution >= 0.6 is 0 Å². The Morgan fingerprint density at radius 1 is 1.27 bits per heavy atom. The Kier molecular flexibility index (Phi) is 4.63. The molecule has 0 spiro atoms. The summed E-state index contributed by atoms with van der Waals surface area (Å²) in [4.78, 5) is 21.0. The standard InChI is InChI=1S/C19H20FN3O3/c1-5-13-14(11-6-8-12(20)9-7-11)22-15-17(26-10(2)3)16(19(24)25)23(4)18(15)21-13/h6-10H,5H2,1-4H3,(H,24,25). The van der Waals surface area contributed by atoms with E-state index in [9.17, 15) is 14.3 Å². The van der Waals surface area contributed by atoms with Crippen LogP contribution in [0, 0.1) is 5.82 Å². The number of carboxylic acids is 1. The summed E-state index contributed by atoms with van der Waals surface area (Å²) < 4.78 is 20.5. The lowest BCUT2D eigenvalue weighted by Crippen LogP contribution is -2.11. The van der Waals surface area contributed by atoms with Gasteiger partial charge in [0, 0.05) is 12.6 Å². The van der Waals surface area contributed by atoms with Crippen LogP contribution in [-0.4, -0.2) is 31.7 Å². The Labute approximate surface area is 150 Å². The lowest BCUT2D eigenvalue weighted by Gasteiger charge is -2.10. The summed E-state index contributed by atoms with van der Waals surface area (Å²) in [6, 6.07) is 5.99. The van der Waals surface area contributed by atoms with E-state index in [2.05, 4.69) is 9.97 Å². The van der Waals surface area contributed by atoms with Crippen LogP contribution in [0.5, 0.6) is 5.75 Å². The number of ether oxygens (including phenoxy) is 1. The summed E-state index contributed by atoms with van der Waals surface area (Å²) in [5.74, 6) is -1.25. The van der Waals surface area contributed by atoms with Gasteiger partial charge < -0.3 is 14.4 Å². The van der Waals surface area contributed by atoms with Gasteiger partial charge in [-0.05, 0) is 44.5 Å². The molecule has 0 aliphatic carbocycles. The first-order chi connectivity index (χ1) is 12.3. The van der Waals surface area contributed by atoms with Crippen molar-refractivity contribution in [2.45, 2.75) is 33.3 Å². The van der Waals surface area contributed by atoms with E-state index >= 15 is 0 Å². The topological polar surface area (TPSA) is 77.2 Å². The molecule has 2 heterocycles. The highest BCUT2D eigenvalue weighted by molar-refractivity contribution is 5.98. The van der Waals surface area contributed by atoms with Gasteiger partial charge >= 0.3 is 5.97 Å². The van der Waals surface area contributed by atoms with Crippen LogP contribution in [0.15, 0.2) is 24.3 Å². The van der Waals surface area contributed by atoms with Gasteiger partial charge in [-0.2, -0.15) is 0 Å². The van der Waals surface area contributed by atoms with Crippen LogP contribution in [0.3, 0.4) is 0 Å². The molecular formula is C19H20FN3O3. The van der Waals surface area contributed by atoms with E-state index in [4.69, 9.17) is 4.74 Å². The van der Waals surface area contributed by atoms with Gasteiger partial charge in [0.2, 0.25) is 0 Å². The normalized spacial score (nSPS) is 11.3. The molecule has 3 aromatic rings. The van der Waals surface area contributed by atoms with Crippen molar-refractivity contribution in [3.05, 3.63) is 41.5 Å². The number of hydrogen-bond donors (Lipinski definition) is 1. The molecule has 1 aromatic carbocycles. The van der Waals surface area contributed by atoms with Gasteiger partial charge in [0.1, 0.15) is 5.82 Å². The molecule has 0 saturated heterocycles. The number of aromatic carboxylic acids is 1. The van der Waals surface area contributed by atoms with E-state index in [1.54, 1.807) is 19.2 Å². The first kappa shape index (κ1) is 17.8. The third kappa shape index (κ3) is 3.00. The number of carbonyl (C=O) groups is 1. The van der Waals surface area contributed by atoms with Crippen molar-refractivity contribution in [3.8, 4) is 17.0 Å². The third-order valence-electron chi connectivity index (χ3n) is 4.04. The molecule has 0 amide bonds. The Balaban J connectivity index is 2.34. The summed E-state index contributed by atoms with van der Waals surface area (Å²) >= 11 is 0. The molecule has 0 saturated carbocycles. The van der Waals surface area contributed by atoms with Gasteiger partial charge in [-0.3, -0.25) is 0 Å². The fourth-order valence-electron chi connectivity index (χ4n) is 2.89. The largest absolute Gasteiger partial charge is 0.486 e.